The van der Waals surface area contributed by atoms with E-state index in [4.69, 9.17) is 4.74 Å². The summed E-state index contributed by atoms with van der Waals surface area (Å²) in [6.45, 7) is 6.36. The lowest BCUT2D eigenvalue weighted by molar-refractivity contribution is -0.0344. The molecule has 1 aromatic carbocycles. The molecule has 0 aromatic heterocycles. The van der Waals surface area contributed by atoms with Gasteiger partial charge in [-0.2, -0.15) is 0 Å². The van der Waals surface area contributed by atoms with Crippen LogP contribution in [0.25, 0.3) is 0 Å². The van der Waals surface area contributed by atoms with E-state index in [-0.39, 0.29) is 11.1 Å². The minimum atomic E-state index is -1.10. The average molecular weight is 348 g/mol. The number of unbranched alkanes of at least 4 members (excludes halogenated alkanes) is 3. The van der Waals surface area contributed by atoms with Gasteiger partial charge < -0.3 is 9.84 Å². The molecule has 0 spiro atoms. The zero-order chi connectivity index (χ0) is 18.7. The van der Waals surface area contributed by atoms with Crippen LogP contribution in [-0.4, -0.2) is 22.6 Å². The van der Waals surface area contributed by atoms with Crippen molar-refractivity contribution in [1.29, 1.82) is 0 Å². The molecule has 140 valence electrons. The Morgan fingerprint density at radius 1 is 0.880 bits per heavy atom. The minimum absolute atomic E-state index is 0.000352. The van der Waals surface area contributed by atoms with Crippen LogP contribution in [0.5, 0.6) is 0 Å². The van der Waals surface area contributed by atoms with E-state index in [0.29, 0.717) is 0 Å². The number of aromatic carboxylic acids is 1. The van der Waals surface area contributed by atoms with Crippen LogP contribution in [0.3, 0.4) is 0 Å². The molecule has 0 heterocycles. The standard InChI is InChI=1S/C21H32O4/c1-4-7-8-11-16-21(14-5-2,15-6-3)25-20(24)18-13-10-9-12-17(18)19(22)23/h9-10,12-13H,4-8,11,14-16H2,1-3H3,(H,22,23). The van der Waals surface area contributed by atoms with Crippen LogP contribution in [-0.2, 0) is 4.74 Å². The smallest absolute Gasteiger partial charge is 0.339 e. The number of ether oxygens (including phenoxy) is 1. The van der Waals surface area contributed by atoms with E-state index in [1.54, 1.807) is 12.1 Å². The van der Waals surface area contributed by atoms with Crippen molar-refractivity contribution in [2.45, 2.75) is 84.2 Å². The Morgan fingerprint density at radius 3 is 2.00 bits per heavy atom. The fraction of sp³-hybridized carbons (Fsp3) is 0.619. The third-order valence-electron chi connectivity index (χ3n) is 4.58. The first-order valence-corrected chi connectivity index (χ1v) is 9.55. The Balaban J connectivity index is 2.98. The van der Waals surface area contributed by atoms with E-state index in [1.807, 2.05) is 0 Å². The summed E-state index contributed by atoms with van der Waals surface area (Å²) in [6, 6.07) is 6.27. The third kappa shape index (κ3) is 6.52. The number of carboxylic acid groups (broad SMARTS) is 1. The number of hydrogen-bond acceptors (Lipinski definition) is 3. The predicted molar refractivity (Wildman–Crippen MR) is 100 cm³/mol. The molecule has 1 N–H and O–H groups in total. The molecule has 0 aliphatic rings. The quantitative estimate of drug-likeness (QED) is 0.380. The summed E-state index contributed by atoms with van der Waals surface area (Å²) in [6.07, 6.45) is 8.85. The second-order valence-corrected chi connectivity index (χ2v) is 6.73. The van der Waals surface area contributed by atoms with Gasteiger partial charge in [-0.1, -0.05) is 65.0 Å². The summed E-state index contributed by atoms with van der Waals surface area (Å²) < 4.78 is 5.97. The van der Waals surface area contributed by atoms with Crippen molar-refractivity contribution < 1.29 is 19.4 Å². The molecule has 0 atom stereocenters. The lowest BCUT2D eigenvalue weighted by atomic mass is 9.86. The van der Waals surface area contributed by atoms with Crippen molar-refractivity contribution in [1.82, 2.24) is 0 Å². The molecule has 1 aromatic rings. The Hall–Kier alpha value is -1.84. The summed E-state index contributed by atoms with van der Waals surface area (Å²) in [5.74, 6) is -1.62. The molecule has 0 aliphatic heterocycles. The van der Waals surface area contributed by atoms with Crippen molar-refractivity contribution in [3.05, 3.63) is 35.4 Å². The molecule has 0 fully saturated rings. The van der Waals surface area contributed by atoms with E-state index in [1.165, 1.54) is 25.0 Å². The predicted octanol–water partition coefficient (Wildman–Crippen LogP) is 5.85. The van der Waals surface area contributed by atoms with Gasteiger partial charge in [0.25, 0.3) is 0 Å². The first kappa shape index (κ1) is 21.2. The third-order valence-corrected chi connectivity index (χ3v) is 4.58. The summed E-state index contributed by atoms with van der Waals surface area (Å²) in [5, 5.41) is 9.31. The van der Waals surface area contributed by atoms with Crippen LogP contribution >= 0.6 is 0 Å². The Bertz CT molecular complexity index is 545. The van der Waals surface area contributed by atoms with Crippen molar-refractivity contribution in [2.75, 3.05) is 0 Å². The maximum atomic E-state index is 12.7. The Kier molecular flexibility index (Phi) is 9.25. The maximum absolute atomic E-state index is 12.7. The van der Waals surface area contributed by atoms with Crippen LogP contribution in [0, 0.1) is 0 Å². The molecule has 25 heavy (non-hydrogen) atoms. The molecule has 0 saturated carbocycles. The van der Waals surface area contributed by atoms with Gasteiger partial charge >= 0.3 is 11.9 Å². The van der Waals surface area contributed by atoms with Gasteiger partial charge in [-0.3, -0.25) is 0 Å². The van der Waals surface area contributed by atoms with Gasteiger partial charge in [0.15, 0.2) is 0 Å². The number of hydrogen-bond donors (Lipinski definition) is 1. The summed E-state index contributed by atoms with van der Waals surface area (Å²) in [7, 11) is 0. The monoisotopic (exact) mass is 348 g/mol. The molecule has 0 unspecified atom stereocenters. The number of rotatable bonds is 12. The normalized spacial score (nSPS) is 11.3. The van der Waals surface area contributed by atoms with Gasteiger partial charge in [-0.15, -0.1) is 0 Å². The van der Waals surface area contributed by atoms with Gasteiger partial charge in [0.05, 0.1) is 11.1 Å². The van der Waals surface area contributed by atoms with Crippen LogP contribution in [0.4, 0.5) is 0 Å². The number of carbonyl (C=O) groups is 2. The highest BCUT2D eigenvalue weighted by Gasteiger charge is 2.33. The molecule has 0 radical (unpaired) electrons. The van der Waals surface area contributed by atoms with Crippen molar-refractivity contribution in [2.24, 2.45) is 0 Å². The van der Waals surface area contributed by atoms with Crippen molar-refractivity contribution in [3.63, 3.8) is 0 Å². The van der Waals surface area contributed by atoms with E-state index in [0.717, 1.165) is 44.9 Å². The van der Waals surface area contributed by atoms with Crippen molar-refractivity contribution >= 4 is 11.9 Å². The summed E-state index contributed by atoms with van der Waals surface area (Å²) >= 11 is 0. The van der Waals surface area contributed by atoms with Crippen LogP contribution in [0.1, 0.15) is 99.3 Å². The molecular formula is C21H32O4. The zero-order valence-electron chi connectivity index (χ0n) is 15.8. The van der Waals surface area contributed by atoms with Gasteiger partial charge in [-0.25, -0.2) is 9.59 Å². The number of carboxylic acids is 1. The summed E-state index contributed by atoms with van der Waals surface area (Å²) in [5.41, 5.74) is -0.347. The van der Waals surface area contributed by atoms with Gasteiger partial charge in [-0.05, 0) is 37.8 Å². The fourth-order valence-corrected chi connectivity index (χ4v) is 3.41. The number of esters is 1. The summed E-state index contributed by atoms with van der Waals surface area (Å²) in [4.78, 5) is 24.1. The van der Waals surface area contributed by atoms with E-state index in [9.17, 15) is 14.7 Å². The van der Waals surface area contributed by atoms with E-state index < -0.39 is 17.5 Å². The SMILES string of the molecule is CCCCCCC(CCC)(CCC)OC(=O)c1ccccc1C(=O)O. The Morgan fingerprint density at radius 2 is 1.48 bits per heavy atom. The van der Waals surface area contributed by atoms with Gasteiger partial charge in [0.2, 0.25) is 0 Å². The zero-order valence-corrected chi connectivity index (χ0v) is 15.8. The first-order valence-electron chi connectivity index (χ1n) is 9.55. The fourth-order valence-electron chi connectivity index (χ4n) is 3.41. The molecule has 4 heteroatoms. The number of carbonyl (C=O) groups excluding carboxylic acids is 1. The van der Waals surface area contributed by atoms with Crippen LogP contribution < -0.4 is 0 Å². The molecule has 4 nitrogen and oxygen atoms in total. The van der Waals surface area contributed by atoms with E-state index in [2.05, 4.69) is 20.8 Å². The molecule has 0 bridgehead atoms. The molecule has 0 saturated heterocycles. The highest BCUT2D eigenvalue weighted by atomic mass is 16.6. The highest BCUT2D eigenvalue weighted by Crippen LogP contribution is 2.32. The lowest BCUT2D eigenvalue weighted by Gasteiger charge is -2.34. The van der Waals surface area contributed by atoms with Gasteiger partial charge in [0, 0.05) is 0 Å². The largest absolute Gasteiger partial charge is 0.478 e. The molecule has 1 rings (SSSR count). The second-order valence-electron chi connectivity index (χ2n) is 6.73. The second kappa shape index (κ2) is 10.9. The molecular weight excluding hydrogens is 316 g/mol. The first-order chi connectivity index (χ1) is 12.0. The van der Waals surface area contributed by atoms with Gasteiger partial charge in [0.1, 0.15) is 5.60 Å². The molecule has 0 aliphatic carbocycles. The average Bonchev–Trinajstić information content (AvgIpc) is 2.59. The lowest BCUT2D eigenvalue weighted by Crippen LogP contribution is -2.35. The van der Waals surface area contributed by atoms with E-state index >= 15 is 0 Å². The van der Waals surface area contributed by atoms with Crippen LogP contribution in [0.15, 0.2) is 24.3 Å². The Labute approximate surface area is 151 Å². The maximum Gasteiger partial charge on any atom is 0.339 e. The van der Waals surface area contributed by atoms with Crippen LogP contribution in [0.2, 0.25) is 0 Å². The molecule has 0 amide bonds. The number of benzene rings is 1. The topological polar surface area (TPSA) is 63.6 Å². The highest BCUT2D eigenvalue weighted by molar-refractivity contribution is 6.02. The minimum Gasteiger partial charge on any atom is -0.478 e. The van der Waals surface area contributed by atoms with Crippen molar-refractivity contribution in [3.8, 4) is 0 Å².